The Morgan fingerprint density at radius 3 is 2.53 bits per heavy atom. The molecule has 0 radical (unpaired) electrons. The summed E-state index contributed by atoms with van der Waals surface area (Å²) in [4.78, 5) is 0. The van der Waals surface area contributed by atoms with E-state index in [1.165, 1.54) is 11.1 Å². The predicted octanol–water partition coefficient (Wildman–Crippen LogP) is 5.36. The van der Waals surface area contributed by atoms with Crippen LogP contribution in [-0.2, 0) is 0 Å². The molecule has 1 rings (SSSR count). The van der Waals surface area contributed by atoms with Gasteiger partial charge in [0.2, 0.25) is 0 Å². The molecule has 94 valence electrons. The Morgan fingerprint density at radius 2 is 2.00 bits per heavy atom. The number of rotatable bonds is 3. The van der Waals surface area contributed by atoms with E-state index < -0.39 is 0 Å². The van der Waals surface area contributed by atoms with Gasteiger partial charge in [-0.1, -0.05) is 24.6 Å². The third-order valence-electron chi connectivity index (χ3n) is 2.43. The highest BCUT2D eigenvalue weighted by Gasteiger charge is 2.13. The largest absolute Gasteiger partial charge is 0.380 e. The molecular weight excluding hydrogens is 230 g/mol. The second-order valence-corrected chi connectivity index (χ2v) is 5.80. The third kappa shape index (κ3) is 4.43. The van der Waals surface area contributed by atoms with Crippen molar-refractivity contribution in [3.05, 3.63) is 34.9 Å². The third-order valence-corrected chi connectivity index (χ3v) is 2.66. The molecule has 0 aliphatic rings. The first-order chi connectivity index (χ1) is 7.83. The summed E-state index contributed by atoms with van der Waals surface area (Å²) in [5.74, 6) is 0. The fourth-order valence-electron chi connectivity index (χ4n) is 1.77. The van der Waals surface area contributed by atoms with Gasteiger partial charge in [0.05, 0.1) is 0 Å². The van der Waals surface area contributed by atoms with Crippen molar-refractivity contribution in [2.75, 3.05) is 5.32 Å². The summed E-state index contributed by atoms with van der Waals surface area (Å²) in [5, 5.41) is 4.30. The molecular formula is C15H22ClN. The number of nitrogens with one attached hydrogen (secondary N) is 1. The summed E-state index contributed by atoms with van der Waals surface area (Å²) in [6.45, 7) is 10.7. The van der Waals surface area contributed by atoms with Crippen molar-refractivity contribution in [2.24, 2.45) is 0 Å². The van der Waals surface area contributed by atoms with Crippen LogP contribution in [0.1, 0.15) is 46.6 Å². The molecule has 2 heteroatoms. The lowest BCUT2D eigenvalue weighted by atomic mass is 10.0. The Balaban J connectivity index is 3.17. The van der Waals surface area contributed by atoms with Gasteiger partial charge in [-0.2, -0.15) is 0 Å². The first-order valence-electron chi connectivity index (χ1n) is 6.08. The van der Waals surface area contributed by atoms with Gasteiger partial charge in [-0.05, 0) is 57.9 Å². The van der Waals surface area contributed by atoms with Gasteiger partial charge in [-0.15, -0.1) is 0 Å². The van der Waals surface area contributed by atoms with E-state index in [9.17, 15) is 0 Å². The predicted molar refractivity (Wildman–Crippen MR) is 78.8 cm³/mol. The van der Waals surface area contributed by atoms with Crippen molar-refractivity contribution < 1.29 is 0 Å². The molecule has 0 aromatic heterocycles. The van der Waals surface area contributed by atoms with E-state index in [0.717, 1.165) is 17.1 Å². The van der Waals surface area contributed by atoms with E-state index in [0.29, 0.717) is 0 Å². The Bertz CT molecular complexity index is 413. The average molecular weight is 252 g/mol. The van der Waals surface area contributed by atoms with Crippen LogP contribution in [-0.4, -0.2) is 5.54 Å². The fraction of sp³-hybridized carbons (Fsp3) is 0.467. The van der Waals surface area contributed by atoms with Crippen LogP contribution in [0.4, 0.5) is 5.69 Å². The summed E-state index contributed by atoms with van der Waals surface area (Å²) in [7, 11) is 0. The molecule has 17 heavy (non-hydrogen) atoms. The SMILES string of the molecule is CCC=C(C)c1cc(Cl)ccc1NC(C)(C)C. The van der Waals surface area contributed by atoms with Gasteiger partial charge in [-0.3, -0.25) is 0 Å². The average Bonchev–Trinajstić information content (AvgIpc) is 2.19. The van der Waals surface area contributed by atoms with Crippen LogP contribution in [0.5, 0.6) is 0 Å². The zero-order valence-electron chi connectivity index (χ0n) is 11.4. The molecule has 0 aliphatic heterocycles. The van der Waals surface area contributed by atoms with Crippen LogP contribution >= 0.6 is 11.6 Å². The summed E-state index contributed by atoms with van der Waals surface area (Å²) in [6, 6.07) is 6.01. The minimum absolute atomic E-state index is 0.0507. The first-order valence-corrected chi connectivity index (χ1v) is 6.46. The van der Waals surface area contributed by atoms with Gasteiger partial charge in [0, 0.05) is 21.8 Å². The molecule has 1 nitrogen and oxygen atoms in total. The van der Waals surface area contributed by atoms with Crippen LogP contribution in [0, 0.1) is 0 Å². The lowest BCUT2D eigenvalue weighted by Crippen LogP contribution is -2.26. The van der Waals surface area contributed by atoms with Crippen molar-refractivity contribution in [2.45, 2.75) is 46.6 Å². The molecule has 0 amide bonds. The van der Waals surface area contributed by atoms with E-state index >= 15 is 0 Å². The Labute approximate surface area is 110 Å². The summed E-state index contributed by atoms with van der Waals surface area (Å²) in [5.41, 5.74) is 3.65. The molecule has 0 saturated heterocycles. The lowest BCUT2D eigenvalue weighted by molar-refractivity contribution is 0.634. The standard InChI is InChI=1S/C15H22ClN/c1-6-7-11(2)13-10-12(16)8-9-14(13)17-15(3,4)5/h7-10,17H,6H2,1-5H3. The maximum atomic E-state index is 6.08. The van der Waals surface area contributed by atoms with Crippen molar-refractivity contribution in [1.82, 2.24) is 0 Å². The van der Waals surface area contributed by atoms with Crippen molar-refractivity contribution in [3.8, 4) is 0 Å². The lowest BCUT2D eigenvalue weighted by Gasteiger charge is -2.24. The Hall–Kier alpha value is -0.950. The van der Waals surface area contributed by atoms with E-state index in [1.54, 1.807) is 0 Å². The van der Waals surface area contributed by atoms with Gasteiger partial charge in [0.1, 0.15) is 0 Å². The Kier molecular flexibility index (Phi) is 4.64. The van der Waals surface area contributed by atoms with Gasteiger partial charge < -0.3 is 5.32 Å². The molecule has 0 unspecified atom stereocenters. The second kappa shape index (κ2) is 5.59. The van der Waals surface area contributed by atoms with E-state index in [2.05, 4.69) is 52.1 Å². The zero-order chi connectivity index (χ0) is 13.1. The fourth-order valence-corrected chi connectivity index (χ4v) is 1.94. The Morgan fingerprint density at radius 1 is 1.35 bits per heavy atom. The summed E-state index contributed by atoms with van der Waals surface area (Å²) < 4.78 is 0. The molecule has 0 bridgehead atoms. The second-order valence-electron chi connectivity index (χ2n) is 5.36. The minimum Gasteiger partial charge on any atom is -0.380 e. The van der Waals surface area contributed by atoms with E-state index in [1.807, 2.05) is 12.1 Å². The van der Waals surface area contributed by atoms with Gasteiger partial charge in [0.25, 0.3) is 0 Å². The van der Waals surface area contributed by atoms with Crippen molar-refractivity contribution >= 4 is 22.9 Å². The highest BCUT2D eigenvalue weighted by molar-refractivity contribution is 6.30. The summed E-state index contributed by atoms with van der Waals surface area (Å²) >= 11 is 6.08. The van der Waals surface area contributed by atoms with Crippen LogP contribution < -0.4 is 5.32 Å². The van der Waals surface area contributed by atoms with Gasteiger partial charge in [-0.25, -0.2) is 0 Å². The number of hydrogen-bond donors (Lipinski definition) is 1. The number of halogens is 1. The van der Waals surface area contributed by atoms with Crippen molar-refractivity contribution in [1.29, 1.82) is 0 Å². The molecule has 1 aromatic rings. The maximum absolute atomic E-state index is 6.08. The number of anilines is 1. The minimum atomic E-state index is 0.0507. The van der Waals surface area contributed by atoms with Gasteiger partial charge in [0.15, 0.2) is 0 Å². The number of benzene rings is 1. The monoisotopic (exact) mass is 251 g/mol. The molecule has 0 fully saturated rings. The topological polar surface area (TPSA) is 12.0 Å². The van der Waals surface area contributed by atoms with E-state index in [-0.39, 0.29) is 5.54 Å². The molecule has 0 aliphatic carbocycles. The zero-order valence-corrected chi connectivity index (χ0v) is 12.2. The highest BCUT2D eigenvalue weighted by atomic mass is 35.5. The molecule has 0 spiro atoms. The highest BCUT2D eigenvalue weighted by Crippen LogP contribution is 2.29. The summed E-state index contributed by atoms with van der Waals surface area (Å²) in [6.07, 6.45) is 3.26. The molecule has 1 aromatic carbocycles. The molecule has 1 N–H and O–H groups in total. The number of allylic oxidation sites excluding steroid dienone is 2. The van der Waals surface area contributed by atoms with Crippen LogP contribution in [0.3, 0.4) is 0 Å². The normalized spacial score (nSPS) is 12.7. The number of hydrogen-bond acceptors (Lipinski definition) is 1. The molecule has 0 atom stereocenters. The first kappa shape index (κ1) is 14.1. The maximum Gasteiger partial charge on any atom is 0.0421 e. The van der Waals surface area contributed by atoms with Gasteiger partial charge >= 0.3 is 0 Å². The van der Waals surface area contributed by atoms with Crippen molar-refractivity contribution in [3.63, 3.8) is 0 Å². The molecule has 0 heterocycles. The van der Waals surface area contributed by atoms with Crippen LogP contribution in [0.25, 0.3) is 5.57 Å². The van der Waals surface area contributed by atoms with Crippen LogP contribution in [0.15, 0.2) is 24.3 Å². The quantitative estimate of drug-likeness (QED) is 0.762. The molecule has 0 saturated carbocycles. The van der Waals surface area contributed by atoms with E-state index in [4.69, 9.17) is 11.6 Å². The smallest absolute Gasteiger partial charge is 0.0421 e. The van der Waals surface area contributed by atoms with Crippen LogP contribution in [0.2, 0.25) is 5.02 Å².